The molecule has 0 bridgehead atoms. The third-order valence-electron chi connectivity index (χ3n) is 2.76. The predicted molar refractivity (Wildman–Crippen MR) is 67.6 cm³/mol. The molecule has 0 spiro atoms. The molecule has 1 aromatic carbocycles. The molecule has 1 heterocycles. The van der Waals surface area contributed by atoms with Crippen LogP contribution in [0.5, 0.6) is 0 Å². The summed E-state index contributed by atoms with van der Waals surface area (Å²) in [5, 5.41) is 11.8. The summed E-state index contributed by atoms with van der Waals surface area (Å²) in [5.74, 6) is -0.211. The van der Waals surface area contributed by atoms with Gasteiger partial charge in [0.15, 0.2) is 0 Å². The molecule has 90 valence electrons. The van der Waals surface area contributed by atoms with Crippen LogP contribution in [0.15, 0.2) is 29.6 Å². The van der Waals surface area contributed by atoms with E-state index >= 15 is 0 Å². The second-order valence-corrected chi connectivity index (χ2v) is 4.70. The standard InChI is InChI=1S/C13H14FNOS/c1-2-9(7-16)12-8-17-13(15-12)10-5-3-4-6-11(10)14/h3-6,8-9,16H,2,7H2,1H3. The fraction of sp³-hybridized carbons (Fsp3) is 0.308. The van der Waals surface area contributed by atoms with E-state index in [1.54, 1.807) is 18.2 Å². The van der Waals surface area contributed by atoms with Crippen LogP contribution in [0.2, 0.25) is 0 Å². The molecule has 2 rings (SSSR count). The van der Waals surface area contributed by atoms with Crippen molar-refractivity contribution in [1.82, 2.24) is 4.98 Å². The minimum atomic E-state index is -0.259. The van der Waals surface area contributed by atoms with E-state index in [9.17, 15) is 9.50 Å². The number of nitrogens with zero attached hydrogens (tertiary/aromatic N) is 1. The molecule has 1 aromatic heterocycles. The van der Waals surface area contributed by atoms with Crippen LogP contribution >= 0.6 is 11.3 Å². The molecule has 2 aromatic rings. The van der Waals surface area contributed by atoms with Gasteiger partial charge in [-0.2, -0.15) is 0 Å². The van der Waals surface area contributed by atoms with Crippen molar-refractivity contribution in [3.63, 3.8) is 0 Å². The Labute approximate surface area is 104 Å². The second kappa shape index (κ2) is 5.38. The van der Waals surface area contributed by atoms with Crippen molar-refractivity contribution < 1.29 is 9.50 Å². The number of aliphatic hydroxyl groups is 1. The summed E-state index contributed by atoms with van der Waals surface area (Å²) >= 11 is 1.41. The molecule has 0 aliphatic rings. The van der Waals surface area contributed by atoms with Crippen LogP contribution in [0.25, 0.3) is 10.6 Å². The Morgan fingerprint density at radius 2 is 2.18 bits per heavy atom. The van der Waals surface area contributed by atoms with E-state index in [1.807, 2.05) is 12.3 Å². The first kappa shape index (κ1) is 12.2. The van der Waals surface area contributed by atoms with Gasteiger partial charge in [-0.25, -0.2) is 9.37 Å². The summed E-state index contributed by atoms with van der Waals surface area (Å²) in [6, 6.07) is 6.61. The van der Waals surface area contributed by atoms with E-state index in [2.05, 4.69) is 4.98 Å². The van der Waals surface area contributed by atoms with E-state index in [-0.39, 0.29) is 18.3 Å². The number of benzene rings is 1. The summed E-state index contributed by atoms with van der Waals surface area (Å²) in [6.07, 6.45) is 0.830. The van der Waals surface area contributed by atoms with Crippen molar-refractivity contribution in [3.8, 4) is 10.6 Å². The van der Waals surface area contributed by atoms with Gasteiger partial charge < -0.3 is 5.11 Å². The average Bonchev–Trinajstić information content (AvgIpc) is 2.81. The quantitative estimate of drug-likeness (QED) is 0.903. The lowest BCUT2D eigenvalue weighted by Gasteiger charge is -2.06. The SMILES string of the molecule is CCC(CO)c1csc(-c2ccccc2F)n1. The van der Waals surface area contributed by atoms with Crippen LogP contribution in [0.3, 0.4) is 0 Å². The molecule has 1 unspecified atom stereocenters. The topological polar surface area (TPSA) is 33.1 Å². The van der Waals surface area contributed by atoms with Crippen molar-refractivity contribution in [2.24, 2.45) is 0 Å². The molecule has 17 heavy (non-hydrogen) atoms. The molecule has 0 saturated carbocycles. The van der Waals surface area contributed by atoms with Crippen LogP contribution < -0.4 is 0 Å². The van der Waals surface area contributed by atoms with E-state index in [0.29, 0.717) is 10.6 Å². The molecule has 1 N–H and O–H groups in total. The smallest absolute Gasteiger partial charge is 0.133 e. The molecule has 0 amide bonds. The van der Waals surface area contributed by atoms with Gasteiger partial charge in [0, 0.05) is 16.9 Å². The van der Waals surface area contributed by atoms with Crippen molar-refractivity contribution in [1.29, 1.82) is 0 Å². The van der Waals surface area contributed by atoms with Gasteiger partial charge in [-0.05, 0) is 18.6 Å². The van der Waals surface area contributed by atoms with Crippen molar-refractivity contribution >= 4 is 11.3 Å². The third kappa shape index (κ3) is 2.53. The maximum atomic E-state index is 13.6. The van der Waals surface area contributed by atoms with Crippen molar-refractivity contribution in [2.45, 2.75) is 19.3 Å². The molecule has 1 atom stereocenters. The lowest BCUT2D eigenvalue weighted by Crippen LogP contribution is -2.02. The third-order valence-corrected chi connectivity index (χ3v) is 3.65. The van der Waals surface area contributed by atoms with Gasteiger partial charge in [0.1, 0.15) is 10.8 Å². The van der Waals surface area contributed by atoms with E-state index in [0.717, 1.165) is 12.1 Å². The monoisotopic (exact) mass is 251 g/mol. The molecule has 0 aliphatic heterocycles. The zero-order chi connectivity index (χ0) is 12.3. The number of aliphatic hydroxyl groups excluding tert-OH is 1. The molecule has 0 saturated heterocycles. The number of hydrogen-bond donors (Lipinski definition) is 1. The molecule has 0 aliphatic carbocycles. The lowest BCUT2D eigenvalue weighted by molar-refractivity contribution is 0.260. The highest BCUT2D eigenvalue weighted by atomic mass is 32.1. The number of thiazole rings is 1. The highest BCUT2D eigenvalue weighted by Crippen LogP contribution is 2.29. The summed E-state index contributed by atoms with van der Waals surface area (Å²) < 4.78 is 13.6. The van der Waals surface area contributed by atoms with Gasteiger partial charge in [0.25, 0.3) is 0 Å². The largest absolute Gasteiger partial charge is 0.396 e. The van der Waals surface area contributed by atoms with E-state index in [1.165, 1.54) is 17.4 Å². The first-order chi connectivity index (χ1) is 8.26. The fourth-order valence-corrected chi connectivity index (χ4v) is 2.59. The van der Waals surface area contributed by atoms with Gasteiger partial charge in [0.05, 0.1) is 12.3 Å². The van der Waals surface area contributed by atoms with Crippen molar-refractivity contribution in [2.75, 3.05) is 6.61 Å². The molecular weight excluding hydrogens is 237 g/mol. The Hall–Kier alpha value is -1.26. The maximum absolute atomic E-state index is 13.6. The Morgan fingerprint density at radius 1 is 1.41 bits per heavy atom. The normalized spacial score (nSPS) is 12.6. The number of hydrogen-bond acceptors (Lipinski definition) is 3. The van der Waals surface area contributed by atoms with Gasteiger partial charge in [-0.3, -0.25) is 0 Å². The van der Waals surface area contributed by atoms with Gasteiger partial charge >= 0.3 is 0 Å². The van der Waals surface area contributed by atoms with Gasteiger partial charge in [-0.15, -0.1) is 11.3 Å². The lowest BCUT2D eigenvalue weighted by atomic mass is 10.1. The summed E-state index contributed by atoms with van der Waals surface area (Å²) in [6.45, 7) is 2.08. The molecule has 4 heteroatoms. The Balaban J connectivity index is 2.33. The zero-order valence-corrected chi connectivity index (χ0v) is 10.4. The fourth-order valence-electron chi connectivity index (χ4n) is 1.66. The first-order valence-electron chi connectivity index (χ1n) is 5.57. The van der Waals surface area contributed by atoms with E-state index in [4.69, 9.17) is 0 Å². The van der Waals surface area contributed by atoms with Crippen LogP contribution in [0, 0.1) is 5.82 Å². The Morgan fingerprint density at radius 3 is 2.82 bits per heavy atom. The predicted octanol–water partition coefficient (Wildman–Crippen LogP) is 3.44. The van der Waals surface area contributed by atoms with Gasteiger partial charge in [0.2, 0.25) is 0 Å². The molecule has 2 nitrogen and oxygen atoms in total. The van der Waals surface area contributed by atoms with E-state index < -0.39 is 0 Å². The minimum absolute atomic E-state index is 0.0479. The molecular formula is C13H14FNOS. The van der Waals surface area contributed by atoms with Crippen LogP contribution in [0.4, 0.5) is 4.39 Å². The number of halogens is 1. The molecule has 0 fully saturated rings. The maximum Gasteiger partial charge on any atom is 0.133 e. The first-order valence-corrected chi connectivity index (χ1v) is 6.45. The van der Waals surface area contributed by atoms with Crippen LogP contribution in [-0.4, -0.2) is 16.7 Å². The number of rotatable bonds is 4. The average molecular weight is 251 g/mol. The Bertz CT molecular complexity index is 494. The highest BCUT2D eigenvalue weighted by molar-refractivity contribution is 7.13. The second-order valence-electron chi connectivity index (χ2n) is 3.85. The Kier molecular flexibility index (Phi) is 3.86. The summed E-state index contributed by atoms with van der Waals surface area (Å²) in [7, 11) is 0. The van der Waals surface area contributed by atoms with Crippen molar-refractivity contribution in [3.05, 3.63) is 41.2 Å². The van der Waals surface area contributed by atoms with Gasteiger partial charge in [-0.1, -0.05) is 19.1 Å². The zero-order valence-electron chi connectivity index (χ0n) is 9.56. The summed E-state index contributed by atoms with van der Waals surface area (Å²) in [5.41, 5.74) is 1.37. The molecule has 0 radical (unpaired) electrons. The minimum Gasteiger partial charge on any atom is -0.396 e. The van der Waals surface area contributed by atoms with Crippen LogP contribution in [-0.2, 0) is 0 Å². The highest BCUT2D eigenvalue weighted by Gasteiger charge is 2.14. The van der Waals surface area contributed by atoms with Crippen LogP contribution in [0.1, 0.15) is 25.0 Å². The number of aromatic nitrogens is 1. The summed E-state index contributed by atoms with van der Waals surface area (Å²) in [4.78, 5) is 4.40.